The molecule has 8 heteroatoms. The van der Waals surface area contributed by atoms with Crippen LogP contribution in [0, 0.1) is 5.92 Å². The first-order valence-corrected chi connectivity index (χ1v) is 8.96. The van der Waals surface area contributed by atoms with Crippen molar-refractivity contribution < 1.29 is 14.4 Å². The van der Waals surface area contributed by atoms with E-state index in [4.69, 9.17) is 0 Å². The highest BCUT2D eigenvalue weighted by Crippen LogP contribution is 2.24. The van der Waals surface area contributed by atoms with Gasteiger partial charge in [0, 0.05) is 51.1 Å². The number of benzene rings is 1. The molecule has 1 atom stereocenters. The molecule has 2 N–H and O–H groups in total. The Morgan fingerprint density at radius 3 is 2.73 bits per heavy atom. The molecule has 26 heavy (non-hydrogen) atoms. The number of hydrogen-bond acceptors (Lipinski definition) is 3. The second kappa shape index (κ2) is 7.63. The van der Waals surface area contributed by atoms with Gasteiger partial charge in [-0.05, 0) is 31.5 Å². The number of nitrogens with one attached hydrogen (secondary N) is 2. The highest BCUT2D eigenvalue weighted by Gasteiger charge is 2.31. The van der Waals surface area contributed by atoms with Gasteiger partial charge in [-0.1, -0.05) is 6.07 Å². The molecule has 3 rings (SSSR count). The molecule has 140 valence electrons. The Kier molecular flexibility index (Phi) is 5.29. The van der Waals surface area contributed by atoms with Gasteiger partial charge in [0.05, 0.1) is 5.92 Å². The Morgan fingerprint density at radius 2 is 2.04 bits per heavy atom. The van der Waals surface area contributed by atoms with Gasteiger partial charge in [0.25, 0.3) is 0 Å². The Bertz CT molecular complexity index is 708. The number of anilines is 2. The maximum atomic E-state index is 12.5. The Labute approximate surface area is 153 Å². The SMILES string of the molecule is CCNC(=O)[C@@H]1CCN(C(=O)Nc2cccc(N3CCN(C)C3=O)c2)C1. The third-order valence-corrected chi connectivity index (χ3v) is 4.82. The highest BCUT2D eigenvalue weighted by molar-refractivity contribution is 5.96. The van der Waals surface area contributed by atoms with Gasteiger partial charge in [0.1, 0.15) is 0 Å². The Balaban J connectivity index is 1.61. The lowest BCUT2D eigenvalue weighted by Gasteiger charge is -2.19. The first-order chi connectivity index (χ1) is 12.5. The summed E-state index contributed by atoms with van der Waals surface area (Å²) in [6, 6.07) is 7.00. The molecule has 0 spiro atoms. The fourth-order valence-corrected chi connectivity index (χ4v) is 3.32. The molecular weight excluding hydrogens is 334 g/mol. The normalized spacial score (nSPS) is 19.8. The molecule has 2 fully saturated rings. The van der Waals surface area contributed by atoms with Crippen molar-refractivity contribution in [3.63, 3.8) is 0 Å². The lowest BCUT2D eigenvalue weighted by molar-refractivity contribution is -0.124. The second-order valence-electron chi connectivity index (χ2n) is 6.66. The number of urea groups is 2. The van der Waals surface area contributed by atoms with Crippen LogP contribution < -0.4 is 15.5 Å². The molecule has 0 unspecified atom stereocenters. The van der Waals surface area contributed by atoms with Crippen LogP contribution >= 0.6 is 0 Å². The van der Waals surface area contributed by atoms with Crippen LogP contribution in [-0.4, -0.2) is 67.5 Å². The van der Waals surface area contributed by atoms with Gasteiger partial charge in [0.15, 0.2) is 0 Å². The molecule has 2 heterocycles. The van der Waals surface area contributed by atoms with E-state index >= 15 is 0 Å². The third-order valence-electron chi connectivity index (χ3n) is 4.82. The van der Waals surface area contributed by atoms with Gasteiger partial charge < -0.3 is 20.4 Å². The topological polar surface area (TPSA) is 85.0 Å². The number of likely N-dealkylation sites (tertiary alicyclic amines) is 1. The van der Waals surface area contributed by atoms with Crippen molar-refractivity contribution in [1.82, 2.24) is 15.1 Å². The number of rotatable bonds is 4. The molecule has 0 bridgehead atoms. The van der Waals surface area contributed by atoms with Crippen LogP contribution in [0.25, 0.3) is 0 Å². The number of hydrogen-bond donors (Lipinski definition) is 2. The minimum atomic E-state index is -0.223. The summed E-state index contributed by atoms with van der Waals surface area (Å²) >= 11 is 0. The molecule has 0 aromatic heterocycles. The summed E-state index contributed by atoms with van der Waals surface area (Å²) in [4.78, 5) is 41.5. The predicted molar refractivity (Wildman–Crippen MR) is 99.2 cm³/mol. The van der Waals surface area contributed by atoms with Gasteiger partial charge in [-0.2, -0.15) is 0 Å². The Hall–Kier alpha value is -2.77. The first kappa shape index (κ1) is 18.0. The summed E-state index contributed by atoms with van der Waals surface area (Å²) in [6.07, 6.45) is 0.675. The summed E-state index contributed by atoms with van der Waals surface area (Å²) in [5.74, 6) is -0.147. The maximum absolute atomic E-state index is 12.5. The zero-order valence-corrected chi connectivity index (χ0v) is 15.2. The third kappa shape index (κ3) is 3.74. The molecule has 2 aliphatic heterocycles. The maximum Gasteiger partial charge on any atom is 0.324 e. The predicted octanol–water partition coefficient (Wildman–Crippen LogP) is 1.55. The first-order valence-electron chi connectivity index (χ1n) is 8.96. The zero-order valence-electron chi connectivity index (χ0n) is 15.2. The van der Waals surface area contributed by atoms with E-state index in [1.54, 1.807) is 33.9 Å². The average molecular weight is 359 g/mol. The number of amides is 5. The van der Waals surface area contributed by atoms with Crippen molar-refractivity contribution in [2.75, 3.05) is 50.0 Å². The zero-order chi connectivity index (χ0) is 18.7. The van der Waals surface area contributed by atoms with Crippen LogP contribution in [0.4, 0.5) is 21.0 Å². The Morgan fingerprint density at radius 1 is 1.23 bits per heavy atom. The molecule has 0 radical (unpaired) electrons. The van der Waals surface area contributed by atoms with Gasteiger partial charge in [-0.3, -0.25) is 9.69 Å². The van der Waals surface area contributed by atoms with Gasteiger partial charge in [0.2, 0.25) is 5.91 Å². The fraction of sp³-hybridized carbons (Fsp3) is 0.500. The van der Waals surface area contributed by atoms with Crippen molar-refractivity contribution in [1.29, 1.82) is 0 Å². The molecule has 5 amide bonds. The smallest absolute Gasteiger partial charge is 0.324 e. The number of likely N-dealkylation sites (N-methyl/N-ethyl adjacent to an activating group) is 1. The monoisotopic (exact) mass is 359 g/mol. The molecule has 0 saturated carbocycles. The summed E-state index contributed by atoms with van der Waals surface area (Å²) in [5.41, 5.74) is 1.40. The van der Waals surface area contributed by atoms with E-state index in [0.29, 0.717) is 44.8 Å². The molecule has 2 saturated heterocycles. The van der Waals surface area contributed by atoms with Crippen LogP contribution in [0.1, 0.15) is 13.3 Å². The lowest BCUT2D eigenvalue weighted by atomic mass is 10.1. The molecule has 0 aliphatic carbocycles. The van der Waals surface area contributed by atoms with Crippen LogP contribution in [-0.2, 0) is 4.79 Å². The largest absolute Gasteiger partial charge is 0.356 e. The van der Waals surface area contributed by atoms with E-state index in [2.05, 4.69) is 10.6 Å². The number of nitrogens with zero attached hydrogens (tertiary/aromatic N) is 3. The number of carbonyl (C=O) groups excluding carboxylic acids is 3. The van der Waals surface area contributed by atoms with Crippen LogP contribution in [0.3, 0.4) is 0 Å². The quantitative estimate of drug-likeness (QED) is 0.855. The standard InChI is InChI=1S/C18H25N5O3/c1-3-19-16(24)13-7-8-22(12-13)17(25)20-14-5-4-6-15(11-14)23-10-9-21(2)18(23)26/h4-6,11,13H,3,7-10,12H2,1-2H3,(H,19,24)(H,20,25)/t13-/m1/s1. The summed E-state index contributed by atoms with van der Waals surface area (Å²) in [7, 11) is 1.77. The van der Waals surface area contributed by atoms with Gasteiger partial charge in [-0.15, -0.1) is 0 Å². The molecular formula is C18H25N5O3. The molecule has 2 aliphatic rings. The minimum absolute atomic E-state index is 0.00135. The van der Waals surface area contributed by atoms with Crippen molar-refractivity contribution in [2.45, 2.75) is 13.3 Å². The fourth-order valence-electron chi connectivity index (χ4n) is 3.32. The lowest BCUT2D eigenvalue weighted by Crippen LogP contribution is -2.36. The molecule has 1 aromatic carbocycles. The number of carbonyl (C=O) groups is 3. The van der Waals surface area contributed by atoms with Crippen molar-refractivity contribution in [2.24, 2.45) is 5.92 Å². The van der Waals surface area contributed by atoms with E-state index in [1.165, 1.54) is 0 Å². The van der Waals surface area contributed by atoms with Crippen molar-refractivity contribution in [3.8, 4) is 0 Å². The summed E-state index contributed by atoms with van der Waals surface area (Å²) in [6.45, 7) is 4.78. The van der Waals surface area contributed by atoms with E-state index in [9.17, 15) is 14.4 Å². The van der Waals surface area contributed by atoms with E-state index in [1.807, 2.05) is 19.1 Å². The van der Waals surface area contributed by atoms with E-state index in [0.717, 1.165) is 5.69 Å². The minimum Gasteiger partial charge on any atom is -0.356 e. The van der Waals surface area contributed by atoms with E-state index < -0.39 is 0 Å². The second-order valence-corrected chi connectivity index (χ2v) is 6.66. The van der Waals surface area contributed by atoms with Gasteiger partial charge >= 0.3 is 12.1 Å². The van der Waals surface area contributed by atoms with Crippen LogP contribution in [0.15, 0.2) is 24.3 Å². The van der Waals surface area contributed by atoms with Crippen LogP contribution in [0.2, 0.25) is 0 Å². The summed E-state index contributed by atoms with van der Waals surface area (Å²) < 4.78 is 0. The van der Waals surface area contributed by atoms with Gasteiger partial charge in [-0.25, -0.2) is 9.59 Å². The van der Waals surface area contributed by atoms with Crippen LogP contribution in [0.5, 0.6) is 0 Å². The average Bonchev–Trinajstić information content (AvgIpc) is 3.24. The highest BCUT2D eigenvalue weighted by atomic mass is 16.2. The van der Waals surface area contributed by atoms with Crippen molar-refractivity contribution in [3.05, 3.63) is 24.3 Å². The summed E-state index contributed by atoms with van der Waals surface area (Å²) in [5, 5.41) is 5.67. The van der Waals surface area contributed by atoms with E-state index in [-0.39, 0.29) is 23.9 Å². The van der Waals surface area contributed by atoms with Crippen molar-refractivity contribution >= 4 is 29.3 Å². The molecule has 8 nitrogen and oxygen atoms in total. The molecule has 1 aromatic rings.